The van der Waals surface area contributed by atoms with Gasteiger partial charge in [0, 0.05) is 12.8 Å². The summed E-state index contributed by atoms with van der Waals surface area (Å²) in [6.07, 6.45) is 49.7. The summed E-state index contributed by atoms with van der Waals surface area (Å²) >= 11 is 0. The van der Waals surface area contributed by atoms with Gasteiger partial charge in [0.15, 0.2) is 6.10 Å². The van der Waals surface area contributed by atoms with E-state index in [-0.39, 0.29) is 25.6 Å². The summed E-state index contributed by atoms with van der Waals surface area (Å²) in [6, 6.07) is 0. The molecule has 1 N–H and O–H groups in total. The smallest absolute Gasteiger partial charge is 0.462 e. The summed E-state index contributed by atoms with van der Waals surface area (Å²) in [6.45, 7) is 4.47. The van der Waals surface area contributed by atoms with Gasteiger partial charge in [-0.05, 0) is 38.5 Å². The van der Waals surface area contributed by atoms with Crippen LogP contribution in [-0.2, 0) is 32.7 Å². The minimum absolute atomic E-state index is 0.0349. The highest BCUT2D eigenvalue weighted by atomic mass is 31.2. The Hall–Kier alpha value is -1.25. The second-order valence-corrected chi connectivity index (χ2v) is 20.7. The maximum atomic E-state index is 12.8. The molecule has 0 aliphatic heterocycles. The van der Waals surface area contributed by atoms with E-state index in [2.05, 4.69) is 26.0 Å². The number of allylic oxidation sites excluding steroid dienone is 2. The van der Waals surface area contributed by atoms with Crippen LogP contribution in [-0.4, -0.2) is 74.9 Å². The Labute approximate surface area is 384 Å². The van der Waals surface area contributed by atoms with Crippen LogP contribution >= 0.6 is 7.82 Å². The zero-order valence-electron chi connectivity index (χ0n) is 41.6. The van der Waals surface area contributed by atoms with Crippen molar-refractivity contribution in [1.82, 2.24) is 0 Å². The fourth-order valence-electron chi connectivity index (χ4n) is 7.66. The summed E-state index contributed by atoms with van der Waals surface area (Å²) in [5, 5.41) is 0. The van der Waals surface area contributed by atoms with Crippen LogP contribution in [0.2, 0.25) is 0 Å². The van der Waals surface area contributed by atoms with Gasteiger partial charge in [-0.3, -0.25) is 18.6 Å². The summed E-state index contributed by atoms with van der Waals surface area (Å²) in [7, 11) is 1.49. The maximum absolute atomic E-state index is 12.8. The van der Waals surface area contributed by atoms with Crippen molar-refractivity contribution in [1.29, 1.82) is 0 Å². The Balaban J connectivity index is 4.20. The molecule has 0 amide bonds. The number of hydrogen-bond donors (Lipinski definition) is 1. The Kier molecular flexibility index (Phi) is 44.0. The van der Waals surface area contributed by atoms with Crippen molar-refractivity contribution in [3.05, 3.63) is 12.2 Å². The molecule has 0 aromatic rings. The number of carbonyl (C=O) groups is 2. The predicted octanol–water partition coefficient (Wildman–Crippen LogP) is 15.7. The lowest BCUT2D eigenvalue weighted by Gasteiger charge is -2.24. The van der Waals surface area contributed by atoms with E-state index < -0.39 is 26.5 Å². The second kappa shape index (κ2) is 44.9. The van der Waals surface area contributed by atoms with E-state index in [1.165, 1.54) is 193 Å². The number of phosphoric ester groups is 1. The van der Waals surface area contributed by atoms with Crippen molar-refractivity contribution >= 4 is 19.8 Å². The third-order valence-electron chi connectivity index (χ3n) is 11.8. The lowest BCUT2D eigenvalue weighted by atomic mass is 10.0. The van der Waals surface area contributed by atoms with Crippen molar-refractivity contribution in [2.75, 3.05) is 47.5 Å². The standard InChI is InChI=1S/C52H102NO8P/c1-6-8-10-12-14-16-18-20-22-24-26-28-30-32-34-36-38-40-42-44-51(54)58-48-50(49-60-62(56,57)59-47-46-53(3,4)5)61-52(55)45-43-41-39-37-35-33-31-29-27-25-23-21-19-17-15-13-11-9-7-2/h21,23,50H,6-20,22,24-49H2,1-5H3/p+1/b23-21+/t50-/m1/s1. The zero-order valence-corrected chi connectivity index (χ0v) is 42.5. The van der Waals surface area contributed by atoms with Crippen LogP contribution in [0.15, 0.2) is 12.2 Å². The second-order valence-electron chi connectivity index (χ2n) is 19.3. The summed E-state index contributed by atoms with van der Waals surface area (Å²) in [5.41, 5.74) is 0. The van der Waals surface area contributed by atoms with Crippen molar-refractivity contribution in [2.45, 2.75) is 264 Å². The summed E-state index contributed by atoms with van der Waals surface area (Å²) in [5.74, 6) is -0.784. The number of esters is 2. The molecule has 368 valence electrons. The molecule has 0 spiro atoms. The normalized spacial score (nSPS) is 13.5. The molecule has 0 bridgehead atoms. The molecular formula is C52H103NO8P+. The first-order chi connectivity index (χ1) is 30.0. The number of likely N-dealkylation sites (N-methyl/N-ethyl adjacent to an activating group) is 1. The van der Waals surface area contributed by atoms with Crippen molar-refractivity contribution in [3.8, 4) is 0 Å². The molecule has 0 aliphatic rings. The van der Waals surface area contributed by atoms with Crippen LogP contribution in [0.5, 0.6) is 0 Å². The molecule has 0 aliphatic carbocycles. The average Bonchev–Trinajstić information content (AvgIpc) is 3.23. The highest BCUT2D eigenvalue weighted by Crippen LogP contribution is 2.43. The van der Waals surface area contributed by atoms with Crippen LogP contribution in [0, 0.1) is 0 Å². The van der Waals surface area contributed by atoms with Crippen molar-refractivity contribution < 1.29 is 42.1 Å². The Morgan fingerprint density at radius 3 is 1.19 bits per heavy atom. The highest BCUT2D eigenvalue weighted by molar-refractivity contribution is 7.47. The van der Waals surface area contributed by atoms with Gasteiger partial charge in [0.1, 0.15) is 19.8 Å². The van der Waals surface area contributed by atoms with Crippen LogP contribution in [0.1, 0.15) is 258 Å². The number of rotatable bonds is 49. The summed E-state index contributed by atoms with van der Waals surface area (Å²) in [4.78, 5) is 35.6. The monoisotopic (exact) mass is 901 g/mol. The predicted molar refractivity (Wildman–Crippen MR) is 261 cm³/mol. The van der Waals surface area contributed by atoms with Crippen LogP contribution in [0.3, 0.4) is 0 Å². The van der Waals surface area contributed by atoms with Crippen molar-refractivity contribution in [3.63, 3.8) is 0 Å². The Morgan fingerprint density at radius 2 is 0.823 bits per heavy atom. The topological polar surface area (TPSA) is 108 Å². The lowest BCUT2D eigenvalue weighted by Crippen LogP contribution is -2.37. The van der Waals surface area contributed by atoms with Gasteiger partial charge < -0.3 is 18.9 Å². The van der Waals surface area contributed by atoms with Gasteiger partial charge in [-0.1, -0.05) is 219 Å². The third kappa shape index (κ3) is 48.2. The third-order valence-corrected chi connectivity index (χ3v) is 12.8. The van der Waals surface area contributed by atoms with E-state index >= 15 is 0 Å². The lowest BCUT2D eigenvalue weighted by molar-refractivity contribution is -0.870. The fourth-order valence-corrected chi connectivity index (χ4v) is 8.40. The quantitative estimate of drug-likeness (QED) is 0.0211. The molecule has 0 aromatic heterocycles. The molecule has 9 nitrogen and oxygen atoms in total. The maximum Gasteiger partial charge on any atom is 0.472 e. The van der Waals surface area contributed by atoms with E-state index in [1.807, 2.05) is 21.1 Å². The van der Waals surface area contributed by atoms with Crippen LogP contribution < -0.4 is 0 Å². The van der Waals surface area contributed by atoms with E-state index in [4.69, 9.17) is 18.5 Å². The van der Waals surface area contributed by atoms with Gasteiger partial charge in [0.25, 0.3) is 0 Å². The highest BCUT2D eigenvalue weighted by Gasteiger charge is 2.27. The van der Waals surface area contributed by atoms with Gasteiger partial charge in [-0.2, -0.15) is 0 Å². The SMILES string of the molecule is CCCCCCCC/C=C/CCCCCCCCCCCC(=O)O[C@H](COC(=O)CCCCCCCCCCCCCCCCCCCCC)COP(=O)(O)OCC[N+](C)(C)C. The zero-order chi connectivity index (χ0) is 45.7. The van der Waals surface area contributed by atoms with Gasteiger partial charge >= 0.3 is 19.8 Å². The number of nitrogens with zero attached hydrogens (tertiary/aromatic N) is 1. The first-order valence-corrected chi connectivity index (χ1v) is 27.9. The number of quaternary nitrogens is 1. The van der Waals surface area contributed by atoms with Crippen LogP contribution in [0.4, 0.5) is 0 Å². The number of carbonyl (C=O) groups excluding carboxylic acids is 2. The molecule has 0 radical (unpaired) electrons. The minimum atomic E-state index is -4.38. The first-order valence-electron chi connectivity index (χ1n) is 26.4. The number of phosphoric acid groups is 1. The van der Waals surface area contributed by atoms with Gasteiger partial charge in [0.2, 0.25) is 0 Å². The van der Waals surface area contributed by atoms with E-state index in [9.17, 15) is 19.0 Å². The molecule has 0 rings (SSSR count). The van der Waals surface area contributed by atoms with Crippen molar-refractivity contribution in [2.24, 2.45) is 0 Å². The average molecular weight is 901 g/mol. The number of hydrogen-bond acceptors (Lipinski definition) is 7. The van der Waals surface area contributed by atoms with E-state index in [0.717, 1.165) is 32.1 Å². The molecular weight excluding hydrogens is 798 g/mol. The Bertz CT molecular complexity index is 1060. The van der Waals surface area contributed by atoms with Gasteiger partial charge in [-0.15, -0.1) is 0 Å². The van der Waals surface area contributed by atoms with Crippen LogP contribution in [0.25, 0.3) is 0 Å². The minimum Gasteiger partial charge on any atom is -0.462 e. The Morgan fingerprint density at radius 1 is 0.484 bits per heavy atom. The molecule has 10 heteroatoms. The molecule has 0 saturated heterocycles. The molecule has 0 aromatic carbocycles. The number of unbranched alkanes of at least 4 members (excludes halogenated alkanes) is 33. The summed E-state index contributed by atoms with van der Waals surface area (Å²) < 4.78 is 34.5. The van der Waals surface area contributed by atoms with E-state index in [0.29, 0.717) is 23.9 Å². The molecule has 62 heavy (non-hydrogen) atoms. The largest absolute Gasteiger partial charge is 0.472 e. The molecule has 2 atom stereocenters. The molecule has 0 fully saturated rings. The first kappa shape index (κ1) is 60.8. The number of ether oxygens (including phenoxy) is 2. The van der Waals surface area contributed by atoms with E-state index in [1.54, 1.807) is 0 Å². The fraction of sp³-hybridized carbons (Fsp3) is 0.923. The molecule has 1 unspecified atom stereocenters. The van der Waals surface area contributed by atoms with Gasteiger partial charge in [-0.25, -0.2) is 4.57 Å². The molecule has 0 heterocycles. The molecule has 0 saturated carbocycles. The van der Waals surface area contributed by atoms with Gasteiger partial charge in [0.05, 0.1) is 27.7 Å².